The standard InChI is InChI=1S/C21H24N2O7/c1-12(24)14-8-7-9-15(18(14)19(26)21(3,4)11-29-13(2)25)30-20-22-16(27-5)10-17(23-20)28-6/h7-10H,11H2,1-6H3. The molecule has 0 atom stereocenters. The second-order valence-corrected chi connectivity index (χ2v) is 7.07. The van der Waals surface area contributed by atoms with E-state index in [1.165, 1.54) is 46.3 Å². The second kappa shape index (κ2) is 9.34. The molecule has 0 aliphatic carbocycles. The minimum absolute atomic E-state index is 0.0486. The highest BCUT2D eigenvalue weighted by Gasteiger charge is 2.35. The molecule has 9 nitrogen and oxygen atoms in total. The molecule has 0 bridgehead atoms. The molecule has 2 aromatic rings. The SMILES string of the molecule is COc1cc(OC)nc(Oc2cccc(C(C)=O)c2C(=O)C(C)(C)COC(C)=O)n1. The van der Waals surface area contributed by atoms with Crippen molar-refractivity contribution in [2.24, 2.45) is 5.41 Å². The molecular formula is C21H24N2O7. The van der Waals surface area contributed by atoms with Crippen molar-refractivity contribution >= 4 is 17.5 Å². The van der Waals surface area contributed by atoms with Crippen molar-refractivity contribution in [3.05, 3.63) is 35.4 Å². The number of benzene rings is 1. The lowest BCUT2D eigenvalue weighted by atomic mass is 9.82. The molecule has 0 N–H and O–H groups in total. The summed E-state index contributed by atoms with van der Waals surface area (Å²) in [5.41, 5.74) is -0.891. The van der Waals surface area contributed by atoms with Gasteiger partial charge in [0.15, 0.2) is 11.6 Å². The lowest BCUT2D eigenvalue weighted by Crippen LogP contribution is -2.32. The monoisotopic (exact) mass is 416 g/mol. The van der Waals surface area contributed by atoms with Gasteiger partial charge in [0, 0.05) is 12.5 Å². The third-order valence-corrected chi connectivity index (χ3v) is 4.16. The molecule has 160 valence electrons. The normalized spacial score (nSPS) is 10.9. The molecule has 1 heterocycles. The van der Waals surface area contributed by atoms with Gasteiger partial charge in [-0.05, 0) is 26.8 Å². The van der Waals surface area contributed by atoms with E-state index in [1.807, 2.05) is 0 Å². The predicted octanol–water partition coefficient (Wildman–Crippen LogP) is 3.26. The quantitative estimate of drug-likeness (QED) is 0.449. The van der Waals surface area contributed by atoms with E-state index in [4.69, 9.17) is 18.9 Å². The molecule has 1 aromatic carbocycles. The number of esters is 1. The maximum atomic E-state index is 13.3. The fraction of sp³-hybridized carbons (Fsp3) is 0.381. The summed E-state index contributed by atoms with van der Waals surface area (Å²) in [6.07, 6.45) is 0. The first kappa shape index (κ1) is 22.8. The summed E-state index contributed by atoms with van der Waals surface area (Å²) in [6.45, 7) is 5.68. The van der Waals surface area contributed by atoms with Crippen LogP contribution in [0, 0.1) is 5.41 Å². The van der Waals surface area contributed by atoms with Gasteiger partial charge in [-0.2, -0.15) is 9.97 Å². The maximum absolute atomic E-state index is 13.3. The summed E-state index contributed by atoms with van der Waals surface area (Å²) in [7, 11) is 2.85. The van der Waals surface area contributed by atoms with Crippen LogP contribution in [-0.4, -0.2) is 48.3 Å². The van der Waals surface area contributed by atoms with E-state index in [-0.39, 0.29) is 47.0 Å². The van der Waals surface area contributed by atoms with Crippen molar-refractivity contribution in [3.8, 4) is 23.5 Å². The van der Waals surface area contributed by atoms with E-state index in [9.17, 15) is 14.4 Å². The van der Waals surface area contributed by atoms with E-state index in [0.29, 0.717) is 0 Å². The Morgan fingerprint density at radius 3 is 2.10 bits per heavy atom. The highest BCUT2D eigenvalue weighted by atomic mass is 16.5. The van der Waals surface area contributed by atoms with Crippen molar-refractivity contribution in [2.45, 2.75) is 27.7 Å². The number of Topliss-reactive ketones (excluding diaryl/α,β-unsaturated/α-hetero) is 2. The number of hydrogen-bond donors (Lipinski definition) is 0. The van der Waals surface area contributed by atoms with E-state index in [2.05, 4.69) is 9.97 Å². The van der Waals surface area contributed by atoms with Gasteiger partial charge in [-0.15, -0.1) is 0 Å². The Morgan fingerprint density at radius 1 is 1.00 bits per heavy atom. The molecular weight excluding hydrogens is 392 g/mol. The van der Waals surface area contributed by atoms with E-state index in [0.717, 1.165) is 0 Å². The van der Waals surface area contributed by atoms with E-state index in [1.54, 1.807) is 19.9 Å². The number of hydrogen-bond acceptors (Lipinski definition) is 9. The first-order valence-electron chi connectivity index (χ1n) is 9.06. The third kappa shape index (κ3) is 5.31. The van der Waals surface area contributed by atoms with Crippen LogP contribution in [0.5, 0.6) is 23.5 Å². The lowest BCUT2D eigenvalue weighted by Gasteiger charge is -2.24. The van der Waals surface area contributed by atoms with Gasteiger partial charge in [-0.1, -0.05) is 12.1 Å². The largest absolute Gasteiger partial charge is 0.481 e. The zero-order chi connectivity index (χ0) is 22.5. The van der Waals surface area contributed by atoms with Crippen LogP contribution in [0.3, 0.4) is 0 Å². The van der Waals surface area contributed by atoms with Crippen molar-refractivity contribution in [3.63, 3.8) is 0 Å². The zero-order valence-corrected chi connectivity index (χ0v) is 17.8. The topological polar surface area (TPSA) is 114 Å². The first-order chi connectivity index (χ1) is 14.1. The highest BCUT2D eigenvalue weighted by molar-refractivity contribution is 6.11. The average molecular weight is 416 g/mol. The summed E-state index contributed by atoms with van der Waals surface area (Å²) in [4.78, 5) is 44.9. The zero-order valence-electron chi connectivity index (χ0n) is 17.8. The molecule has 0 radical (unpaired) electrons. The van der Waals surface area contributed by atoms with Crippen LogP contribution in [0.1, 0.15) is 48.4 Å². The van der Waals surface area contributed by atoms with Crippen LogP contribution in [0.25, 0.3) is 0 Å². The minimum atomic E-state index is -1.11. The molecule has 0 fully saturated rings. The Morgan fingerprint density at radius 2 is 1.60 bits per heavy atom. The second-order valence-electron chi connectivity index (χ2n) is 7.07. The third-order valence-electron chi connectivity index (χ3n) is 4.16. The summed E-state index contributed by atoms with van der Waals surface area (Å²) in [6, 6.07) is 5.97. The van der Waals surface area contributed by atoms with E-state index >= 15 is 0 Å². The number of ketones is 2. The molecule has 0 spiro atoms. The molecule has 1 aromatic heterocycles. The average Bonchev–Trinajstić information content (AvgIpc) is 2.71. The number of nitrogens with zero attached hydrogens (tertiary/aromatic N) is 2. The van der Waals surface area contributed by atoms with E-state index < -0.39 is 17.2 Å². The molecule has 0 saturated carbocycles. The summed E-state index contributed by atoms with van der Waals surface area (Å²) < 4.78 is 21.0. The Hall–Kier alpha value is -3.49. The molecule has 0 saturated heterocycles. The van der Waals surface area contributed by atoms with Crippen molar-refractivity contribution < 1.29 is 33.3 Å². The van der Waals surface area contributed by atoms with Crippen LogP contribution >= 0.6 is 0 Å². The van der Waals surface area contributed by atoms with Crippen LogP contribution < -0.4 is 14.2 Å². The summed E-state index contributed by atoms with van der Waals surface area (Å²) >= 11 is 0. The Balaban J connectivity index is 2.54. The van der Waals surface area contributed by atoms with Crippen molar-refractivity contribution in [1.82, 2.24) is 9.97 Å². The van der Waals surface area contributed by atoms with Crippen molar-refractivity contribution in [1.29, 1.82) is 0 Å². The number of methoxy groups -OCH3 is 2. The first-order valence-corrected chi connectivity index (χ1v) is 9.06. The van der Waals surface area contributed by atoms with Crippen LogP contribution in [0.2, 0.25) is 0 Å². The number of aromatic nitrogens is 2. The van der Waals surface area contributed by atoms with Gasteiger partial charge in [-0.3, -0.25) is 14.4 Å². The number of rotatable bonds is 9. The summed E-state index contributed by atoms with van der Waals surface area (Å²) in [5.74, 6) is -0.788. The maximum Gasteiger partial charge on any atom is 0.328 e. The molecule has 0 unspecified atom stereocenters. The molecule has 0 amide bonds. The Labute approximate surface area is 174 Å². The fourth-order valence-electron chi connectivity index (χ4n) is 2.57. The van der Waals surface area contributed by atoms with Gasteiger partial charge in [0.1, 0.15) is 12.4 Å². The minimum Gasteiger partial charge on any atom is -0.481 e. The Kier molecular flexibility index (Phi) is 7.10. The molecule has 0 aliphatic heterocycles. The lowest BCUT2D eigenvalue weighted by molar-refractivity contribution is -0.143. The number of ether oxygens (including phenoxy) is 4. The van der Waals surface area contributed by atoms with Crippen LogP contribution in [-0.2, 0) is 9.53 Å². The Bertz CT molecular complexity index is 948. The molecule has 2 rings (SSSR count). The van der Waals surface area contributed by atoms with Gasteiger partial charge in [0.2, 0.25) is 11.8 Å². The van der Waals surface area contributed by atoms with Crippen molar-refractivity contribution in [2.75, 3.05) is 20.8 Å². The van der Waals surface area contributed by atoms with Gasteiger partial charge in [0.05, 0.1) is 31.3 Å². The summed E-state index contributed by atoms with van der Waals surface area (Å²) in [5, 5.41) is 0. The van der Waals surface area contributed by atoms with Crippen LogP contribution in [0.15, 0.2) is 24.3 Å². The van der Waals surface area contributed by atoms with Crippen LogP contribution in [0.4, 0.5) is 0 Å². The fourth-order valence-corrected chi connectivity index (χ4v) is 2.57. The van der Waals surface area contributed by atoms with Gasteiger partial charge < -0.3 is 18.9 Å². The molecule has 9 heteroatoms. The van der Waals surface area contributed by atoms with Gasteiger partial charge >= 0.3 is 12.0 Å². The number of carbonyl (C=O) groups is 3. The molecule has 0 aliphatic rings. The predicted molar refractivity (Wildman–Crippen MR) is 106 cm³/mol. The molecule has 30 heavy (non-hydrogen) atoms. The van der Waals surface area contributed by atoms with Gasteiger partial charge in [-0.25, -0.2) is 0 Å². The highest BCUT2D eigenvalue weighted by Crippen LogP contribution is 2.34. The number of carbonyl (C=O) groups excluding carboxylic acids is 3. The van der Waals surface area contributed by atoms with Gasteiger partial charge in [0.25, 0.3) is 0 Å². The smallest absolute Gasteiger partial charge is 0.328 e.